The zero-order chi connectivity index (χ0) is 18.3. The summed E-state index contributed by atoms with van der Waals surface area (Å²) < 4.78 is 0. The molecule has 0 aliphatic carbocycles. The zero-order valence-electron chi connectivity index (χ0n) is 13.9. The van der Waals surface area contributed by atoms with Crippen LogP contribution in [0.5, 0.6) is 0 Å². The van der Waals surface area contributed by atoms with Crippen LogP contribution in [0.15, 0.2) is 34.1 Å². The zero-order valence-corrected chi connectivity index (χ0v) is 13.9. The number of aromatic nitrogens is 4. The highest BCUT2D eigenvalue weighted by Crippen LogP contribution is 2.32. The maximum atomic E-state index is 12.6. The molecule has 0 spiro atoms. The Morgan fingerprint density at radius 1 is 1.23 bits per heavy atom. The molecule has 1 fully saturated rings. The SMILES string of the molecule is Nc1c(C(=O)N2CCC(c3c[nH]c4ncccc34)CC2)[nH]c(=O)[nH]c1=O. The minimum absolute atomic E-state index is 0.145. The molecule has 0 atom stereocenters. The van der Waals surface area contributed by atoms with Crippen LogP contribution < -0.4 is 17.0 Å². The van der Waals surface area contributed by atoms with Gasteiger partial charge in [0.15, 0.2) is 0 Å². The number of piperidine rings is 1. The summed E-state index contributed by atoms with van der Waals surface area (Å²) in [7, 11) is 0. The highest BCUT2D eigenvalue weighted by Gasteiger charge is 2.28. The lowest BCUT2D eigenvalue weighted by atomic mass is 9.89. The van der Waals surface area contributed by atoms with Crippen LogP contribution in [0.25, 0.3) is 11.0 Å². The van der Waals surface area contributed by atoms with E-state index >= 15 is 0 Å². The number of amides is 1. The second-order valence-corrected chi connectivity index (χ2v) is 6.41. The number of anilines is 1. The van der Waals surface area contributed by atoms with Gasteiger partial charge in [-0.2, -0.15) is 0 Å². The van der Waals surface area contributed by atoms with Crippen LogP contribution in [0.4, 0.5) is 5.69 Å². The van der Waals surface area contributed by atoms with E-state index in [1.807, 2.05) is 23.3 Å². The summed E-state index contributed by atoms with van der Waals surface area (Å²) in [5, 5.41) is 1.10. The first-order valence-electron chi connectivity index (χ1n) is 8.38. The molecule has 0 radical (unpaired) electrons. The number of nitrogens with two attached hydrogens (primary N) is 1. The number of hydrogen-bond acceptors (Lipinski definition) is 5. The molecule has 0 saturated carbocycles. The Kier molecular flexibility index (Phi) is 3.83. The van der Waals surface area contributed by atoms with E-state index in [-0.39, 0.29) is 11.4 Å². The molecule has 5 N–H and O–H groups in total. The number of H-pyrrole nitrogens is 3. The Labute approximate surface area is 147 Å². The van der Waals surface area contributed by atoms with Crippen molar-refractivity contribution in [2.24, 2.45) is 0 Å². The number of likely N-dealkylation sites (tertiary alicyclic amines) is 1. The molecule has 9 heteroatoms. The smallest absolute Gasteiger partial charge is 0.326 e. The van der Waals surface area contributed by atoms with Gasteiger partial charge in [-0.15, -0.1) is 0 Å². The molecule has 4 heterocycles. The third kappa shape index (κ3) is 2.67. The summed E-state index contributed by atoms with van der Waals surface area (Å²) in [5.41, 5.74) is 5.81. The number of carbonyl (C=O) groups excluding carboxylic acids is 1. The van der Waals surface area contributed by atoms with Crippen LogP contribution in [-0.2, 0) is 0 Å². The molecule has 134 valence electrons. The van der Waals surface area contributed by atoms with Crippen molar-refractivity contribution in [1.82, 2.24) is 24.8 Å². The van der Waals surface area contributed by atoms with Crippen molar-refractivity contribution in [2.45, 2.75) is 18.8 Å². The van der Waals surface area contributed by atoms with Crippen molar-refractivity contribution >= 4 is 22.6 Å². The maximum absolute atomic E-state index is 12.6. The molecule has 9 nitrogen and oxygen atoms in total. The average molecular weight is 354 g/mol. The summed E-state index contributed by atoms with van der Waals surface area (Å²) in [5.74, 6) is -0.114. The summed E-state index contributed by atoms with van der Waals surface area (Å²) in [6.07, 6.45) is 5.28. The highest BCUT2D eigenvalue weighted by atomic mass is 16.2. The van der Waals surface area contributed by atoms with Crippen molar-refractivity contribution in [2.75, 3.05) is 18.8 Å². The number of carbonyl (C=O) groups is 1. The fourth-order valence-corrected chi connectivity index (χ4v) is 3.53. The number of fused-ring (bicyclic) bond motifs is 1. The molecular weight excluding hydrogens is 336 g/mol. The minimum atomic E-state index is -0.752. The van der Waals surface area contributed by atoms with Gasteiger partial charge in [0, 0.05) is 30.9 Å². The Bertz CT molecular complexity index is 1090. The van der Waals surface area contributed by atoms with Crippen molar-refractivity contribution in [3.63, 3.8) is 0 Å². The third-order valence-electron chi connectivity index (χ3n) is 4.90. The molecule has 1 aliphatic heterocycles. The van der Waals surface area contributed by atoms with Gasteiger partial charge in [0.05, 0.1) is 0 Å². The molecule has 26 heavy (non-hydrogen) atoms. The minimum Gasteiger partial charge on any atom is -0.392 e. The molecular formula is C17H18N6O3. The molecule has 1 aliphatic rings. The predicted octanol–water partition coefficient (Wildman–Crippen LogP) is 0.541. The second-order valence-electron chi connectivity index (χ2n) is 6.41. The summed E-state index contributed by atoms with van der Waals surface area (Å²) in [6.45, 7) is 1.04. The maximum Gasteiger partial charge on any atom is 0.326 e. The van der Waals surface area contributed by atoms with E-state index in [1.54, 1.807) is 11.1 Å². The molecule has 0 unspecified atom stereocenters. The molecule has 0 bridgehead atoms. The van der Waals surface area contributed by atoms with Crippen LogP contribution in [0, 0.1) is 0 Å². The number of hydrogen-bond donors (Lipinski definition) is 4. The summed E-state index contributed by atoms with van der Waals surface area (Å²) in [6, 6.07) is 3.94. The molecule has 1 amide bonds. The van der Waals surface area contributed by atoms with Crippen LogP contribution in [-0.4, -0.2) is 43.8 Å². The Balaban J connectivity index is 1.53. The number of rotatable bonds is 2. The van der Waals surface area contributed by atoms with Crippen molar-refractivity contribution in [3.8, 4) is 0 Å². The first-order valence-corrected chi connectivity index (χ1v) is 8.38. The predicted molar refractivity (Wildman–Crippen MR) is 96.1 cm³/mol. The van der Waals surface area contributed by atoms with Gasteiger partial charge in [0.25, 0.3) is 11.5 Å². The monoisotopic (exact) mass is 354 g/mol. The van der Waals surface area contributed by atoms with Gasteiger partial charge in [-0.1, -0.05) is 0 Å². The Morgan fingerprint density at radius 3 is 2.77 bits per heavy atom. The van der Waals surface area contributed by atoms with E-state index < -0.39 is 17.2 Å². The van der Waals surface area contributed by atoms with Crippen molar-refractivity contribution in [3.05, 3.63) is 56.6 Å². The number of nitrogens with zero attached hydrogens (tertiary/aromatic N) is 2. The number of nitrogen functional groups attached to an aromatic ring is 1. The molecule has 0 aromatic carbocycles. The topological polar surface area (TPSA) is 141 Å². The normalized spacial score (nSPS) is 15.5. The van der Waals surface area contributed by atoms with Gasteiger partial charge in [-0.05, 0) is 36.5 Å². The van der Waals surface area contributed by atoms with Crippen molar-refractivity contribution < 1.29 is 4.79 Å². The van der Waals surface area contributed by atoms with Gasteiger partial charge in [-0.3, -0.25) is 14.6 Å². The van der Waals surface area contributed by atoms with Gasteiger partial charge in [0.2, 0.25) is 0 Å². The molecule has 3 aromatic heterocycles. The fraction of sp³-hybridized carbons (Fsp3) is 0.294. The highest BCUT2D eigenvalue weighted by molar-refractivity contribution is 5.96. The van der Waals surface area contributed by atoms with Gasteiger partial charge in [-0.25, -0.2) is 9.78 Å². The van der Waals surface area contributed by atoms with Crippen LogP contribution >= 0.6 is 0 Å². The van der Waals surface area contributed by atoms with E-state index in [9.17, 15) is 14.4 Å². The van der Waals surface area contributed by atoms with E-state index in [2.05, 4.69) is 15.0 Å². The van der Waals surface area contributed by atoms with E-state index in [0.717, 1.165) is 23.9 Å². The standard InChI is InChI=1S/C17H18N6O3/c18-12-13(21-17(26)22-15(12)24)16(25)23-6-3-9(4-7-23)11-8-20-14-10(11)2-1-5-19-14/h1-2,5,8-9H,3-4,6-7,18H2,(H,19,20)(H2,21,22,24,26). The largest absolute Gasteiger partial charge is 0.392 e. The van der Waals surface area contributed by atoms with Gasteiger partial charge in [0.1, 0.15) is 17.0 Å². The lowest BCUT2D eigenvalue weighted by Gasteiger charge is -2.32. The summed E-state index contributed by atoms with van der Waals surface area (Å²) >= 11 is 0. The first kappa shape index (κ1) is 16.1. The fourth-order valence-electron chi connectivity index (χ4n) is 3.53. The van der Waals surface area contributed by atoms with Gasteiger partial charge < -0.3 is 20.6 Å². The van der Waals surface area contributed by atoms with E-state index in [1.165, 1.54) is 5.56 Å². The van der Waals surface area contributed by atoms with Crippen LogP contribution in [0.3, 0.4) is 0 Å². The van der Waals surface area contributed by atoms with Gasteiger partial charge >= 0.3 is 5.69 Å². The quantitative estimate of drug-likeness (QED) is 0.531. The second kappa shape index (κ2) is 6.17. The molecule has 1 saturated heterocycles. The van der Waals surface area contributed by atoms with Crippen LogP contribution in [0.2, 0.25) is 0 Å². The number of nitrogens with one attached hydrogen (secondary N) is 3. The molecule has 4 rings (SSSR count). The number of aromatic amines is 3. The summed E-state index contributed by atoms with van der Waals surface area (Å²) in [4.78, 5) is 49.1. The first-order chi connectivity index (χ1) is 12.5. The number of pyridine rings is 1. The lowest BCUT2D eigenvalue weighted by Crippen LogP contribution is -2.40. The van der Waals surface area contributed by atoms with Crippen molar-refractivity contribution in [1.29, 1.82) is 0 Å². The average Bonchev–Trinajstić information content (AvgIpc) is 3.08. The lowest BCUT2D eigenvalue weighted by molar-refractivity contribution is 0.0708. The Morgan fingerprint density at radius 2 is 2.00 bits per heavy atom. The van der Waals surface area contributed by atoms with Crippen LogP contribution in [0.1, 0.15) is 34.8 Å². The Hall–Kier alpha value is -3.36. The third-order valence-corrected chi connectivity index (χ3v) is 4.90. The molecule has 3 aromatic rings. The van der Waals surface area contributed by atoms with E-state index in [0.29, 0.717) is 19.0 Å². The van der Waals surface area contributed by atoms with E-state index in [4.69, 9.17) is 5.73 Å².